The average molecular weight is 211 g/mol. The maximum Gasteiger partial charge on any atom is 0.243 e. The molecule has 0 spiro atoms. The SMILES string of the molecule is COC(C)Cc1noc(C(N)C2CC2)n1. The highest BCUT2D eigenvalue weighted by molar-refractivity contribution is 4.98. The Morgan fingerprint density at radius 1 is 1.60 bits per heavy atom. The summed E-state index contributed by atoms with van der Waals surface area (Å²) in [4.78, 5) is 4.28. The Kier molecular flexibility index (Phi) is 3.02. The van der Waals surface area contributed by atoms with Crippen molar-refractivity contribution in [2.24, 2.45) is 11.7 Å². The molecule has 1 fully saturated rings. The smallest absolute Gasteiger partial charge is 0.243 e. The summed E-state index contributed by atoms with van der Waals surface area (Å²) < 4.78 is 10.3. The Morgan fingerprint density at radius 2 is 2.33 bits per heavy atom. The summed E-state index contributed by atoms with van der Waals surface area (Å²) in [6.07, 6.45) is 3.12. The van der Waals surface area contributed by atoms with Crippen LogP contribution in [0.5, 0.6) is 0 Å². The Morgan fingerprint density at radius 3 is 2.93 bits per heavy atom. The van der Waals surface area contributed by atoms with E-state index in [4.69, 9.17) is 15.0 Å². The maximum absolute atomic E-state index is 5.95. The summed E-state index contributed by atoms with van der Waals surface area (Å²) in [6.45, 7) is 1.97. The van der Waals surface area contributed by atoms with E-state index in [0.717, 1.165) is 0 Å². The zero-order valence-corrected chi connectivity index (χ0v) is 9.14. The molecule has 5 nitrogen and oxygen atoms in total. The van der Waals surface area contributed by atoms with Crippen molar-refractivity contribution >= 4 is 0 Å². The lowest BCUT2D eigenvalue weighted by molar-refractivity contribution is 0.116. The molecule has 1 aromatic rings. The summed E-state index contributed by atoms with van der Waals surface area (Å²) >= 11 is 0. The molecule has 1 aromatic heterocycles. The third-order valence-corrected chi connectivity index (χ3v) is 2.77. The largest absolute Gasteiger partial charge is 0.381 e. The molecule has 0 aliphatic heterocycles. The topological polar surface area (TPSA) is 74.2 Å². The molecule has 1 aliphatic rings. The molecule has 1 heterocycles. The highest BCUT2D eigenvalue weighted by atomic mass is 16.5. The zero-order chi connectivity index (χ0) is 10.8. The van der Waals surface area contributed by atoms with Crippen molar-refractivity contribution in [1.82, 2.24) is 10.1 Å². The minimum Gasteiger partial charge on any atom is -0.381 e. The van der Waals surface area contributed by atoms with Crippen molar-refractivity contribution in [1.29, 1.82) is 0 Å². The fourth-order valence-electron chi connectivity index (χ4n) is 1.48. The number of methoxy groups -OCH3 is 1. The first-order valence-electron chi connectivity index (χ1n) is 5.31. The van der Waals surface area contributed by atoms with Crippen LogP contribution in [0.4, 0.5) is 0 Å². The van der Waals surface area contributed by atoms with Crippen LogP contribution >= 0.6 is 0 Å². The number of ether oxygens (including phenoxy) is 1. The van der Waals surface area contributed by atoms with E-state index in [1.165, 1.54) is 12.8 Å². The van der Waals surface area contributed by atoms with Crippen molar-refractivity contribution in [3.8, 4) is 0 Å². The van der Waals surface area contributed by atoms with Gasteiger partial charge in [0.05, 0.1) is 12.1 Å². The van der Waals surface area contributed by atoms with Gasteiger partial charge in [0.25, 0.3) is 0 Å². The van der Waals surface area contributed by atoms with Crippen LogP contribution in [-0.2, 0) is 11.2 Å². The second-order valence-corrected chi connectivity index (χ2v) is 4.16. The average Bonchev–Trinajstić information content (AvgIpc) is 2.98. The van der Waals surface area contributed by atoms with Gasteiger partial charge in [-0.15, -0.1) is 0 Å². The van der Waals surface area contributed by atoms with Crippen LogP contribution in [0.2, 0.25) is 0 Å². The van der Waals surface area contributed by atoms with Crippen LogP contribution in [0.15, 0.2) is 4.52 Å². The van der Waals surface area contributed by atoms with Crippen LogP contribution < -0.4 is 5.73 Å². The molecule has 2 rings (SSSR count). The van der Waals surface area contributed by atoms with Gasteiger partial charge in [-0.25, -0.2) is 0 Å². The van der Waals surface area contributed by atoms with E-state index < -0.39 is 0 Å². The third kappa shape index (κ3) is 2.54. The molecule has 2 N–H and O–H groups in total. The van der Waals surface area contributed by atoms with Gasteiger partial charge < -0.3 is 15.0 Å². The molecule has 2 unspecified atom stereocenters. The number of nitrogens with two attached hydrogens (primary N) is 1. The molecule has 5 heteroatoms. The van der Waals surface area contributed by atoms with E-state index in [2.05, 4.69) is 10.1 Å². The summed E-state index contributed by atoms with van der Waals surface area (Å²) in [7, 11) is 1.67. The Bertz CT molecular complexity index is 322. The van der Waals surface area contributed by atoms with Crippen molar-refractivity contribution < 1.29 is 9.26 Å². The van der Waals surface area contributed by atoms with Crippen molar-refractivity contribution in [3.05, 3.63) is 11.7 Å². The lowest BCUT2D eigenvalue weighted by atomic mass is 10.2. The monoisotopic (exact) mass is 211 g/mol. The second kappa shape index (κ2) is 4.28. The quantitative estimate of drug-likeness (QED) is 0.788. The van der Waals surface area contributed by atoms with E-state index in [1.807, 2.05) is 6.92 Å². The predicted octanol–water partition coefficient (Wildman–Crippen LogP) is 1.06. The van der Waals surface area contributed by atoms with Crippen molar-refractivity contribution in [2.75, 3.05) is 7.11 Å². The number of hydrogen-bond acceptors (Lipinski definition) is 5. The third-order valence-electron chi connectivity index (χ3n) is 2.77. The summed E-state index contributed by atoms with van der Waals surface area (Å²) in [5.74, 6) is 1.78. The van der Waals surface area contributed by atoms with Crippen molar-refractivity contribution in [3.63, 3.8) is 0 Å². The normalized spacial score (nSPS) is 20.2. The maximum atomic E-state index is 5.95. The number of rotatable bonds is 5. The van der Waals surface area contributed by atoms with Crippen LogP contribution in [0.3, 0.4) is 0 Å². The molecule has 84 valence electrons. The molecular formula is C10H17N3O2. The van der Waals surface area contributed by atoms with Gasteiger partial charge in [0.2, 0.25) is 5.89 Å². The number of aromatic nitrogens is 2. The van der Waals surface area contributed by atoms with E-state index in [0.29, 0.717) is 24.1 Å². The molecule has 0 saturated heterocycles. The van der Waals surface area contributed by atoms with Crippen LogP contribution in [-0.4, -0.2) is 23.4 Å². The fraction of sp³-hybridized carbons (Fsp3) is 0.800. The number of nitrogens with zero attached hydrogens (tertiary/aromatic N) is 2. The first-order valence-corrected chi connectivity index (χ1v) is 5.31. The van der Waals surface area contributed by atoms with Gasteiger partial charge >= 0.3 is 0 Å². The molecule has 15 heavy (non-hydrogen) atoms. The van der Waals surface area contributed by atoms with Crippen LogP contribution in [0.25, 0.3) is 0 Å². The summed E-state index contributed by atoms with van der Waals surface area (Å²) in [5.41, 5.74) is 5.95. The van der Waals surface area contributed by atoms with E-state index in [1.54, 1.807) is 7.11 Å². The summed E-state index contributed by atoms with van der Waals surface area (Å²) in [5, 5.41) is 3.89. The molecule has 0 amide bonds. The Labute approximate surface area is 89.0 Å². The van der Waals surface area contributed by atoms with Gasteiger partial charge in [0.15, 0.2) is 5.82 Å². The molecule has 0 bridgehead atoms. The number of hydrogen-bond donors (Lipinski definition) is 1. The predicted molar refractivity (Wildman–Crippen MR) is 54.1 cm³/mol. The Balaban J connectivity index is 1.96. The van der Waals surface area contributed by atoms with Gasteiger partial charge in [-0.3, -0.25) is 0 Å². The molecule has 0 aromatic carbocycles. The van der Waals surface area contributed by atoms with Gasteiger partial charge in [-0.1, -0.05) is 5.16 Å². The van der Waals surface area contributed by atoms with E-state index >= 15 is 0 Å². The zero-order valence-electron chi connectivity index (χ0n) is 9.14. The molecule has 0 radical (unpaired) electrons. The minimum atomic E-state index is -0.0795. The summed E-state index contributed by atoms with van der Waals surface area (Å²) in [6, 6.07) is -0.0795. The van der Waals surface area contributed by atoms with Crippen LogP contribution in [0.1, 0.15) is 37.5 Å². The highest BCUT2D eigenvalue weighted by Gasteiger charge is 2.33. The lowest BCUT2D eigenvalue weighted by Gasteiger charge is -2.04. The molecule has 1 saturated carbocycles. The highest BCUT2D eigenvalue weighted by Crippen LogP contribution is 2.38. The molecule has 1 aliphatic carbocycles. The van der Waals surface area contributed by atoms with Gasteiger partial charge in [-0.2, -0.15) is 4.98 Å². The van der Waals surface area contributed by atoms with E-state index in [9.17, 15) is 0 Å². The molecule has 2 atom stereocenters. The first kappa shape index (κ1) is 10.6. The standard InChI is InChI=1S/C10H17N3O2/c1-6(14-2)5-8-12-10(15-13-8)9(11)7-3-4-7/h6-7,9H,3-5,11H2,1-2H3. The van der Waals surface area contributed by atoms with Gasteiger partial charge in [0, 0.05) is 13.5 Å². The lowest BCUT2D eigenvalue weighted by Crippen LogP contribution is -2.13. The van der Waals surface area contributed by atoms with Gasteiger partial charge in [-0.05, 0) is 25.7 Å². The van der Waals surface area contributed by atoms with E-state index in [-0.39, 0.29) is 12.1 Å². The molecular weight excluding hydrogens is 194 g/mol. The van der Waals surface area contributed by atoms with Gasteiger partial charge in [0.1, 0.15) is 0 Å². The minimum absolute atomic E-state index is 0.0795. The second-order valence-electron chi connectivity index (χ2n) is 4.16. The van der Waals surface area contributed by atoms with Crippen molar-refractivity contribution in [2.45, 2.75) is 38.3 Å². The Hall–Kier alpha value is -0.940. The van der Waals surface area contributed by atoms with Crippen LogP contribution in [0, 0.1) is 5.92 Å². The fourth-order valence-corrected chi connectivity index (χ4v) is 1.48. The first-order chi connectivity index (χ1) is 7.20.